The summed E-state index contributed by atoms with van der Waals surface area (Å²) in [6.45, 7) is 0. The molecular weight excluding hydrogens is 256 g/mol. The number of benzene rings is 2. The highest BCUT2D eigenvalue weighted by atomic mass is 14.7. The Bertz CT molecular complexity index is 877. The molecule has 0 fully saturated rings. The van der Waals surface area contributed by atoms with Crippen molar-refractivity contribution < 1.29 is 0 Å². The molecule has 0 atom stereocenters. The molecule has 4 aromatic rings. The minimum absolute atomic E-state index is 1.16. The molecule has 0 radical (unpaired) electrons. The lowest BCUT2D eigenvalue weighted by Gasteiger charge is -2.05. The Morgan fingerprint density at radius 3 is 2.19 bits per heavy atom. The number of H-pyrrole nitrogens is 1. The van der Waals surface area contributed by atoms with Crippen molar-refractivity contribution >= 4 is 10.9 Å². The lowest BCUT2D eigenvalue weighted by molar-refractivity contribution is 1.33. The van der Waals surface area contributed by atoms with E-state index in [0.29, 0.717) is 0 Å². The van der Waals surface area contributed by atoms with E-state index in [1.807, 2.05) is 18.5 Å². The highest BCUT2D eigenvalue weighted by molar-refractivity contribution is 6.03. The van der Waals surface area contributed by atoms with Gasteiger partial charge in [0, 0.05) is 28.9 Å². The molecule has 2 heteroatoms. The van der Waals surface area contributed by atoms with Gasteiger partial charge in [0.2, 0.25) is 0 Å². The number of aromatic amines is 1. The van der Waals surface area contributed by atoms with Gasteiger partial charge in [0.15, 0.2) is 0 Å². The molecule has 100 valence electrons. The number of pyridine rings is 1. The molecule has 0 bridgehead atoms. The summed E-state index contributed by atoms with van der Waals surface area (Å²) in [5.74, 6) is 0. The molecule has 0 saturated heterocycles. The summed E-state index contributed by atoms with van der Waals surface area (Å²) in [5.41, 5.74) is 5.92. The predicted octanol–water partition coefficient (Wildman–Crippen LogP) is 4.90. The number of aromatic nitrogens is 2. The van der Waals surface area contributed by atoms with E-state index in [2.05, 4.69) is 70.6 Å². The molecule has 2 aromatic carbocycles. The monoisotopic (exact) mass is 270 g/mol. The summed E-state index contributed by atoms with van der Waals surface area (Å²) >= 11 is 0. The average Bonchev–Trinajstić information content (AvgIpc) is 2.96. The number of nitrogens with zero attached hydrogens (tertiary/aromatic N) is 1. The maximum Gasteiger partial charge on any atom is 0.0544 e. The minimum Gasteiger partial charge on any atom is -0.354 e. The Labute approximate surface area is 123 Å². The number of rotatable bonds is 2. The van der Waals surface area contributed by atoms with E-state index in [9.17, 15) is 0 Å². The van der Waals surface area contributed by atoms with Gasteiger partial charge in [-0.05, 0) is 29.3 Å². The summed E-state index contributed by atoms with van der Waals surface area (Å²) in [6.07, 6.45) is 3.68. The van der Waals surface area contributed by atoms with Crippen molar-refractivity contribution in [1.82, 2.24) is 9.97 Å². The lowest BCUT2D eigenvalue weighted by atomic mass is 9.99. The molecule has 21 heavy (non-hydrogen) atoms. The lowest BCUT2D eigenvalue weighted by Crippen LogP contribution is -1.82. The first kappa shape index (κ1) is 11.9. The molecule has 4 rings (SSSR count). The molecule has 2 heterocycles. The van der Waals surface area contributed by atoms with Crippen molar-refractivity contribution in [1.29, 1.82) is 0 Å². The van der Waals surface area contributed by atoms with Crippen LogP contribution in [0.4, 0.5) is 0 Å². The zero-order valence-electron chi connectivity index (χ0n) is 11.5. The third-order valence-corrected chi connectivity index (χ3v) is 3.74. The Morgan fingerprint density at radius 1 is 0.667 bits per heavy atom. The van der Waals surface area contributed by atoms with Crippen molar-refractivity contribution in [2.75, 3.05) is 0 Å². The van der Waals surface area contributed by atoms with Crippen molar-refractivity contribution in [3.05, 3.63) is 79.1 Å². The molecule has 0 spiro atoms. The second-order valence-electron chi connectivity index (χ2n) is 5.02. The molecular formula is C19H14N2. The van der Waals surface area contributed by atoms with E-state index in [1.165, 1.54) is 22.1 Å². The number of para-hydroxylation sites is 1. The molecule has 0 aliphatic heterocycles. The third kappa shape index (κ3) is 2.01. The van der Waals surface area contributed by atoms with Crippen LogP contribution in [0.15, 0.2) is 79.1 Å². The fourth-order valence-corrected chi connectivity index (χ4v) is 2.78. The average molecular weight is 270 g/mol. The van der Waals surface area contributed by atoms with Gasteiger partial charge in [-0.15, -0.1) is 0 Å². The van der Waals surface area contributed by atoms with Gasteiger partial charge < -0.3 is 4.98 Å². The number of nitrogens with one attached hydrogen (secondary N) is 1. The molecule has 0 amide bonds. The van der Waals surface area contributed by atoms with Crippen LogP contribution in [0, 0.1) is 0 Å². The Hall–Kier alpha value is -2.87. The Balaban J connectivity index is 2.07. The van der Waals surface area contributed by atoms with Crippen LogP contribution in [0.2, 0.25) is 0 Å². The summed E-state index contributed by atoms with van der Waals surface area (Å²) in [6, 6.07) is 23.0. The van der Waals surface area contributed by atoms with Crippen molar-refractivity contribution in [3.63, 3.8) is 0 Å². The molecule has 2 aromatic heterocycles. The third-order valence-electron chi connectivity index (χ3n) is 3.74. The zero-order chi connectivity index (χ0) is 14.1. The van der Waals surface area contributed by atoms with E-state index in [0.717, 1.165) is 11.2 Å². The fraction of sp³-hybridized carbons (Fsp3) is 0. The first-order valence-electron chi connectivity index (χ1n) is 7.00. The second-order valence-corrected chi connectivity index (χ2v) is 5.02. The maximum absolute atomic E-state index is 4.13. The minimum atomic E-state index is 1.16. The molecule has 0 saturated carbocycles. The van der Waals surface area contributed by atoms with Crippen molar-refractivity contribution in [3.8, 4) is 22.4 Å². The van der Waals surface area contributed by atoms with Crippen LogP contribution in [0.3, 0.4) is 0 Å². The van der Waals surface area contributed by atoms with Gasteiger partial charge in [0.1, 0.15) is 0 Å². The van der Waals surface area contributed by atoms with Gasteiger partial charge in [-0.1, -0.05) is 48.5 Å². The topological polar surface area (TPSA) is 28.7 Å². The van der Waals surface area contributed by atoms with Crippen LogP contribution >= 0.6 is 0 Å². The van der Waals surface area contributed by atoms with Crippen LogP contribution in [0.25, 0.3) is 33.3 Å². The largest absolute Gasteiger partial charge is 0.354 e. The van der Waals surface area contributed by atoms with E-state index in [4.69, 9.17) is 0 Å². The maximum atomic E-state index is 4.13. The standard InChI is InChI=1S/C19H14N2/c1-2-6-15(7-3-1)19-18(14-10-12-20-13-11-14)16-8-4-5-9-17(16)21-19/h1-13,21H. The predicted molar refractivity (Wildman–Crippen MR) is 87.0 cm³/mol. The van der Waals surface area contributed by atoms with Gasteiger partial charge in [0.05, 0.1) is 5.69 Å². The van der Waals surface area contributed by atoms with E-state index in [1.54, 1.807) is 0 Å². The SMILES string of the molecule is c1ccc(-c2[nH]c3ccccc3c2-c2ccncc2)cc1. The summed E-state index contributed by atoms with van der Waals surface area (Å²) in [4.78, 5) is 7.69. The summed E-state index contributed by atoms with van der Waals surface area (Å²) < 4.78 is 0. The number of hydrogen-bond acceptors (Lipinski definition) is 1. The first-order chi connectivity index (χ1) is 10.4. The van der Waals surface area contributed by atoms with Crippen molar-refractivity contribution in [2.45, 2.75) is 0 Å². The molecule has 2 nitrogen and oxygen atoms in total. The van der Waals surface area contributed by atoms with Crippen LogP contribution in [0.1, 0.15) is 0 Å². The Kier molecular flexibility index (Phi) is 2.79. The van der Waals surface area contributed by atoms with Crippen LogP contribution in [-0.2, 0) is 0 Å². The Morgan fingerprint density at radius 2 is 1.38 bits per heavy atom. The fourth-order valence-electron chi connectivity index (χ4n) is 2.78. The molecule has 0 aliphatic rings. The summed E-state index contributed by atoms with van der Waals surface area (Å²) in [5, 5.41) is 1.24. The first-order valence-corrected chi connectivity index (χ1v) is 7.00. The van der Waals surface area contributed by atoms with Crippen LogP contribution in [0.5, 0.6) is 0 Å². The number of fused-ring (bicyclic) bond motifs is 1. The highest BCUT2D eigenvalue weighted by Gasteiger charge is 2.14. The highest BCUT2D eigenvalue weighted by Crippen LogP contribution is 2.37. The molecule has 0 unspecified atom stereocenters. The van der Waals surface area contributed by atoms with Crippen LogP contribution in [-0.4, -0.2) is 9.97 Å². The van der Waals surface area contributed by atoms with Crippen LogP contribution < -0.4 is 0 Å². The normalized spacial score (nSPS) is 10.9. The van der Waals surface area contributed by atoms with E-state index in [-0.39, 0.29) is 0 Å². The molecule has 0 aliphatic carbocycles. The second kappa shape index (κ2) is 4.91. The smallest absolute Gasteiger partial charge is 0.0544 e. The van der Waals surface area contributed by atoms with Gasteiger partial charge in [-0.2, -0.15) is 0 Å². The van der Waals surface area contributed by atoms with Gasteiger partial charge in [-0.25, -0.2) is 0 Å². The van der Waals surface area contributed by atoms with Gasteiger partial charge >= 0.3 is 0 Å². The quantitative estimate of drug-likeness (QED) is 0.551. The van der Waals surface area contributed by atoms with E-state index < -0.39 is 0 Å². The van der Waals surface area contributed by atoms with Gasteiger partial charge in [0.25, 0.3) is 0 Å². The molecule has 1 N–H and O–H groups in total. The van der Waals surface area contributed by atoms with E-state index >= 15 is 0 Å². The van der Waals surface area contributed by atoms with Gasteiger partial charge in [-0.3, -0.25) is 4.98 Å². The zero-order valence-corrected chi connectivity index (χ0v) is 11.5. The number of hydrogen-bond donors (Lipinski definition) is 1. The van der Waals surface area contributed by atoms with Crippen molar-refractivity contribution in [2.24, 2.45) is 0 Å². The summed E-state index contributed by atoms with van der Waals surface area (Å²) in [7, 11) is 0.